The van der Waals surface area contributed by atoms with Gasteiger partial charge in [0.2, 0.25) is 5.91 Å². The monoisotopic (exact) mass is 373 g/mol. The molecule has 2 atom stereocenters. The lowest BCUT2D eigenvalue weighted by Gasteiger charge is -2.36. The van der Waals surface area contributed by atoms with Gasteiger partial charge in [0.15, 0.2) is 0 Å². The molecule has 1 aliphatic rings. The first-order valence-corrected chi connectivity index (χ1v) is 9.21. The van der Waals surface area contributed by atoms with Gasteiger partial charge in [0.1, 0.15) is 11.5 Å². The van der Waals surface area contributed by atoms with E-state index in [0.29, 0.717) is 25.3 Å². The van der Waals surface area contributed by atoms with Crippen molar-refractivity contribution < 1.29 is 19.2 Å². The van der Waals surface area contributed by atoms with Gasteiger partial charge in [0.25, 0.3) is 0 Å². The first-order valence-electron chi connectivity index (χ1n) is 9.21. The van der Waals surface area contributed by atoms with Crippen LogP contribution >= 0.6 is 0 Å². The number of piperidine rings is 1. The maximum atomic E-state index is 12.4. The number of amides is 1. The Kier molecular flexibility index (Phi) is 6.13. The number of benzene rings is 1. The Morgan fingerprint density at radius 2 is 2.19 bits per heavy atom. The molecule has 0 saturated carbocycles. The minimum atomic E-state index is -0.610. The summed E-state index contributed by atoms with van der Waals surface area (Å²) in [6.45, 7) is 5.81. The number of hydrogen-bond donors (Lipinski definition) is 2. The van der Waals surface area contributed by atoms with Crippen molar-refractivity contribution in [2.45, 2.75) is 45.4 Å². The summed E-state index contributed by atoms with van der Waals surface area (Å²) >= 11 is 0. The van der Waals surface area contributed by atoms with E-state index < -0.39 is 6.10 Å². The van der Waals surface area contributed by atoms with Crippen molar-refractivity contribution in [1.29, 1.82) is 0 Å². The smallest absolute Gasteiger partial charge is 0.224 e. The lowest BCUT2D eigenvalue weighted by molar-refractivity contribution is -0.122. The molecule has 1 saturated heterocycles. The summed E-state index contributed by atoms with van der Waals surface area (Å²) in [6, 6.07) is 7.23. The molecule has 27 heavy (non-hydrogen) atoms. The van der Waals surface area contributed by atoms with E-state index in [1.165, 1.54) is 0 Å². The standard InChI is InChI=1S/C20H27N3O4/c1-13-16(14(2)27-22-13)11-23-9-8-17(18(24)12-23)21-20(25)10-15-6-4-5-7-19(15)26-3/h4-7,17-18,24H,8-12H2,1-3H3,(H,21,25)/t17-,18-/m1/s1. The van der Waals surface area contributed by atoms with Gasteiger partial charge in [-0.15, -0.1) is 0 Å². The largest absolute Gasteiger partial charge is 0.496 e. The van der Waals surface area contributed by atoms with Gasteiger partial charge in [0, 0.05) is 30.8 Å². The van der Waals surface area contributed by atoms with Crippen LogP contribution in [0.1, 0.15) is 29.0 Å². The minimum absolute atomic E-state index is 0.109. The number of nitrogens with zero attached hydrogens (tertiary/aromatic N) is 2. The van der Waals surface area contributed by atoms with E-state index >= 15 is 0 Å². The number of β-amino-alcohol motifs (C(OH)–C–C–N with tert-alkyl or cyclic N) is 1. The molecule has 0 unspecified atom stereocenters. The third kappa shape index (κ3) is 4.67. The van der Waals surface area contributed by atoms with Crippen LogP contribution in [-0.2, 0) is 17.8 Å². The third-order valence-corrected chi connectivity index (χ3v) is 5.12. The summed E-state index contributed by atoms with van der Waals surface area (Å²) in [5.41, 5.74) is 2.79. The summed E-state index contributed by atoms with van der Waals surface area (Å²) in [6.07, 6.45) is 0.318. The number of methoxy groups -OCH3 is 1. The number of rotatable bonds is 6. The molecule has 0 radical (unpaired) electrons. The van der Waals surface area contributed by atoms with Gasteiger partial charge >= 0.3 is 0 Å². The molecule has 3 rings (SSSR count). The first kappa shape index (κ1) is 19.4. The summed E-state index contributed by atoms with van der Waals surface area (Å²) in [4.78, 5) is 14.6. The van der Waals surface area contributed by atoms with Crippen molar-refractivity contribution in [1.82, 2.24) is 15.4 Å². The number of aliphatic hydroxyl groups is 1. The second-order valence-electron chi connectivity index (χ2n) is 7.06. The molecule has 7 nitrogen and oxygen atoms in total. The second kappa shape index (κ2) is 8.54. The predicted octanol–water partition coefficient (Wildman–Crippen LogP) is 1.59. The van der Waals surface area contributed by atoms with Crippen LogP contribution in [0.4, 0.5) is 0 Å². The van der Waals surface area contributed by atoms with Gasteiger partial charge in [-0.05, 0) is 26.3 Å². The fraction of sp³-hybridized carbons (Fsp3) is 0.500. The Morgan fingerprint density at radius 1 is 1.41 bits per heavy atom. The van der Waals surface area contributed by atoms with E-state index in [9.17, 15) is 9.90 Å². The van der Waals surface area contributed by atoms with Crippen LogP contribution < -0.4 is 10.1 Å². The molecular formula is C20H27N3O4. The Labute approximate surface area is 159 Å². The van der Waals surface area contributed by atoms with Crippen LogP contribution in [0.3, 0.4) is 0 Å². The van der Waals surface area contributed by atoms with Crippen LogP contribution in [0.15, 0.2) is 28.8 Å². The number of likely N-dealkylation sites (tertiary alicyclic amines) is 1. The normalized spacial score (nSPS) is 20.4. The van der Waals surface area contributed by atoms with Gasteiger partial charge in [-0.3, -0.25) is 9.69 Å². The average molecular weight is 373 g/mol. The quantitative estimate of drug-likeness (QED) is 0.800. The highest BCUT2D eigenvalue weighted by Crippen LogP contribution is 2.20. The van der Waals surface area contributed by atoms with E-state index in [1.807, 2.05) is 38.1 Å². The molecule has 2 heterocycles. The number of para-hydroxylation sites is 1. The molecule has 1 fully saturated rings. The SMILES string of the molecule is COc1ccccc1CC(=O)N[C@@H]1CCN(Cc2c(C)noc2C)C[C@H]1O. The summed E-state index contributed by atoms with van der Waals surface area (Å²) in [7, 11) is 1.59. The number of aryl methyl sites for hydroxylation is 2. The summed E-state index contributed by atoms with van der Waals surface area (Å²) in [5, 5.41) is 17.4. The molecule has 1 aromatic heterocycles. The molecule has 0 aliphatic carbocycles. The van der Waals surface area contributed by atoms with Crippen molar-refractivity contribution in [2.24, 2.45) is 0 Å². The van der Waals surface area contributed by atoms with Crippen LogP contribution in [0, 0.1) is 13.8 Å². The molecule has 1 aliphatic heterocycles. The van der Waals surface area contributed by atoms with E-state index in [-0.39, 0.29) is 18.4 Å². The Bertz CT molecular complexity index is 770. The van der Waals surface area contributed by atoms with Gasteiger partial charge in [-0.25, -0.2) is 0 Å². The van der Waals surface area contributed by atoms with Crippen molar-refractivity contribution in [3.63, 3.8) is 0 Å². The fourth-order valence-electron chi connectivity index (χ4n) is 3.54. The van der Waals surface area contributed by atoms with Crippen LogP contribution in [-0.4, -0.2) is 53.4 Å². The zero-order chi connectivity index (χ0) is 19.4. The number of aliphatic hydroxyl groups excluding tert-OH is 1. The maximum absolute atomic E-state index is 12.4. The molecule has 0 spiro atoms. The van der Waals surface area contributed by atoms with Crippen molar-refractivity contribution >= 4 is 5.91 Å². The Morgan fingerprint density at radius 3 is 2.85 bits per heavy atom. The number of ether oxygens (including phenoxy) is 1. The molecule has 0 bridgehead atoms. The number of carbonyl (C=O) groups is 1. The van der Waals surface area contributed by atoms with Crippen LogP contribution in [0.25, 0.3) is 0 Å². The highest BCUT2D eigenvalue weighted by molar-refractivity contribution is 5.79. The highest BCUT2D eigenvalue weighted by Gasteiger charge is 2.29. The van der Waals surface area contributed by atoms with E-state index in [4.69, 9.17) is 9.26 Å². The molecule has 2 aromatic rings. The van der Waals surface area contributed by atoms with Crippen LogP contribution in [0.2, 0.25) is 0 Å². The number of carbonyl (C=O) groups excluding carboxylic acids is 1. The first-order chi connectivity index (χ1) is 13.0. The van der Waals surface area contributed by atoms with E-state index in [2.05, 4.69) is 15.4 Å². The second-order valence-corrected chi connectivity index (χ2v) is 7.06. The van der Waals surface area contributed by atoms with Gasteiger partial charge in [0.05, 0.1) is 31.4 Å². The lowest BCUT2D eigenvalue weighted by Crippen LogP contribution is -2.54. The predicted molar refractivity (Wildman–Crippen MR) is 101 cm³/mol. The zero-order valence-corrected chi connectivity index (χ0v) is 16.1. The van der Waals surface area contributed by atoms with Gasteiger partial charge in [-0.2, -0.15) is 0 Å². The van der Waals surface area contributed by atoms with Crippen LogP contribution in [0.5, 0.6) is 5.75 Å². The van der Waals surface area contributed by atoms with Gasteiger partial charge in [-0.1, -0.05) is 23.4 Å². The topological polar surface area (TPSA) is 87.8 Å². The minimum Gasteiger partial charge on any atom is -0.496 e. The van der Waals surface area contributed by atoms with Crippen molar-refractivity contribution in [3.8, 4) is 5.75 Å². The number of hydrogen-bond acceptors (Lipinski definition) is 6. The molecule has 7 heteroatoms. The molecule has 1 amide bonds. The molecule has 1 aromatic carbocycles. The summed E-state index contributed by atoms with van der Waals surface area (Å²) in [5.74, 6) is 1.40. The Hall–Kier alpha value is -2.38. The molecule has 146 valence electrons. The maximum Gasteiger partial charge on any atom is 0.224 e. The fourth-order valence-corrected chi connectivity index (χ4v) is 3.54. The highest BCUT2D eigenvalue weighted by atomic mass is 16.5. The number of nitrogens with one attached hydrogen (secondary N) is 1. The molecule has 2 N–H and O–H groups in total. The Balaban J connectivity index is 1.53. The van der Waals surface area contributed by atoms with Gasteiger partial charge < -0.3 is 19.7 Å². The number of aromatic nitrogens is 1. The zero-order valence-electron chi connectivity index (χ0n) is 16.1. The van der Waals surface area contributed by atoms with Crippen molar-refractivity contribution in [3.05, 3.63) is 46.8 Å². The van der Waals surface area contributed by atoms with E-state index in [1.54, 1.807) is 7.11 Å². The summed E-state index contributed by atoms with van der Waals surface area (Å²) < 4.78 is 10.5. The third-order valence-electron chi connectivity index (χ3n) is 5.12. The molecular weight excluding hydrogens is 346 g/mol. The average Bonchev–Trinajstić information content (AvgIpc) is 2.96. The lowest BCUT2D eigenvalue weighted by atomic mass is 10.00. The van der Waals surface area contributed by atoms with E-state index in [0.717, 1.165) is 29.1 Å². The van der Waals surface area contributed by atoms with Crippen molar-refractivity contribution in [2.75, 3.05) is 20.2 Å².